The average Bonchev–Trinajstić information content (AvgIpc) is 2.72. The van der Waals surface area contributed by atoms with Gasteiger partial charge in [-0.2, -0.15) is 0 Å². The van der Waals surface area contributed by atoms with Gasteiger partial charge in [0.15, 0.2) is 5.78 Å². The number of hydrogen-bond acceptors (Lipinski definition) is 2. The molecule has 0 amide bonds. The summed E-state index contributed by atoms with van der Waals surface area (Å²) in [5, 5.41) is 0. The monoisotopic (exact) mass is 296 g/mol. The second kappa shape index (κ2) is 4.84. The van der Waals surface area contributed by atoms with Crippen molar-refractivity contribution in [2.24, 2.45) is 0 Å². The van der Waals surface area contributed by atoms with Gasteiger partial charge in [0.1, 0.15) is 17.8 Å². The van der Waals surface area contributed by atoms with Crippen LogP contribution in [0.4, 0.5) is 4.39 Å². The van der Waals surface area contributed by atoms with Gasteiger partial charge in [-0.05, 0) is 40.5 Å². The molecule has 1 aromatic heterocycles. The zero-order valence-electron chi connectivity index (χ0n) is 9.17. The maximum absolute atomic E-state index is 13.3. The Hall–Kier alpha value is -1.42. The van der Waals surface area contributed by atoms with Gasteiger partial charge in [0.25, 0.3) is 0 Å². The minimum absolute atomic E-state index is 0.0897. The highest BCUT2D eigenvalue weighted by atomic mass is 79.9. The van der Waals surface area contributed by atoms with Crippen molar-refractivity contribution in [3.05, 3.63) is 57.7 Å². The number of benzene rings is 1. The van der Waals surface area contributed by atoms with E-state index in [1.165, 1.54) is 12.3 Å². The zero-order valence-corrected chi connectivity index (χ0v) is 10.8. The maximum atomic E-state index is 13.3. The topological polar surface area (TPSA) is 30.2 Å². The molecule has 0 aliphatic rings. The minimum Gasteiger partial charge on any atom is -0.469 e. The van der Waals surface area contributed by atoms with Crippen molar-refractivity contribution in [3.8, 4) is 0 Å². The van der Waals surface area contributed by atoms with Gasteiger partial charge in [0, 0.05) is 6.42 Å². The summed E-state index contributed by atoms with van der Waals surface area (Å²) in [6, 6.07) is 6.33. The minimum atomic E-state index is -0.362. The van der Waals surface area contributed by atoms with Crippen molar-refractivity contribution in [1.82, 2.24) is 0 Å². The van der Waals surface area contributed by atoms with E-state index in [0.29, 0.717) is 21.4 Å². The van der Waals surface area contributed by atoms with Gasteiger partial charge < -0.3 is 4.42 Å². The lowest BCUT2D eigenvalue weighted by Gasteiger charge is -2.03. The van der Waals surface area contributed by atoms with Gasteiger partial charge in [0.05, 0.1) is 10.0 Å². The van der Waals surface area contributed by atoms with Gasteiger partial charge in [-0.3, -0.25) is 4.79 Å². The lowest BCUT2D eigenvalue weighted by atomic mass is 10.1. The van der Waals surface area contributed by atoms with Crippen LogP contribution in [0.25, 0.3) is 0 Å². The first-order valence-corrected chi connectivity index (χ1v) is 5.88. The lowest BCUT2D eigenvalue weighted by molar-refractivity contribution is 0.0992. The summed E-state index contributed by atoms with van der Waals surface area (Å²) in [6.07, 6.45) is 1.57. The fourth-order valence-electron chi connectivity index (χ4n) is 1.55. The predicted molar refractivity (Wildman–Crippen MR) is 65.6 cm³/mol. The molecule has 0 bridgehead atoms. The normalized spacial score (nSPS) is 10.5. The third-order valence-electron chi connectivity index (χ3n) is 2.44. The average molecular weight is 297 g/mol. The van der Waals surface area contributed by atoms with Crippen LogP contribution in [-0.2, 0) is 6.42 Å². The number of ketones is 1. The van der Waals surface area contributed by atoms with E-state index in [1.54, 1.807) is 25.1 Å². The van der Waals surface area contributed by atoms with Crippen LogP contribution in [-0.4, -0.2) is 5.78 Å². The second-order valence-corrected chi connectivity index (χ2v) is 4.55. The molecule has 2 nitrogen and oxygen atoms in total. The fraction of sp³-hybridized carbons (Fsp3) is 0.154. The number of aryl methyl sites for hydroxylation is 1. The van der Waals surface area contributed by atoms with E-state index in [1.807, 2.05) is 0 Å². The molecule has 0 saturated heterocycles. The molecular formula is C13H10BrFO2. The Morgan fingerprint density at radius 1 is 1.47 bits per heavy atom. The Morgan fingerprint density at radius 3 is 2.88 bits per heavy atom. The molecule has 2 rings (SSSR count). The summed E-state index contributed by atoms with van der Waals surface area (Å²) in [4.78, 5) is 11.9. The van der Waals surface area contributed by atoms with Crippen molar-refractivity contribution < 1.29 is 13.6 Å². The number of rotatable bonds is 3. The molecule has 2 aromatic rings. The van der Waals surface area contributed by atoms with Crippen molar-refractivity contribution in [1.29, 1.82) is 0 Å². The van der Waals surface area contributed by atoms with Crippen molar-refractivity contribution in [2.75, 3.05) is 0 Å². The number of furan rings is 1. The summed E-state index contributed by atoms with van der Waals surface area (Å²) >= 11 is 3.14. The number of carbonyl (C=O) groups is 1. The van der Waals surface area contributed by atoms with E-state index in [4.69, 9.17) is 4.42 Å². The summed E-state index contributed by atoms with van der Waals surface area (Å²) in [7, 11) is 0. The number of hydrogen-bond donors (Lipinski definition) is 0. The first kappa shape index (κ1) is 12.0. The Balaban J connectivity index is 2.21. The van der Waals surface area contributed by atoms with Crippen LogP contribution in [0.3, 0.4) is 0 Å². The van der Waals surface area contributed by atoms with Gasteiger partial charge in [-0.15, -0.1) is 0 Å². The molecule has 0 spiro atoms. The predicted octanol–water partition coefficient (Wildman–Crippen LogP) is 3.92. The number of carbonyl (C=O) groups excluding carboxylic acids is 1. The van der Waals surface area contributed by atoms with Crippen LogP contribution in [0.2, 0.25) is 0 Å². The Labute approximate surface area is 107 Å². The molecule has 1 aromatic carbocycles. The van der Waals surface area contributed by atoms with Crippen molar-refractivity contribution >= 4 is 21.7 Å². The highest BCUT2D eigenvalue weighted by Crippen LogP contribution is 2.22. The fourth-order valence-corrected chi connectivity index (χ4v) is 1.95. The van der Waals surface area contributed by atoms with Crippen molar-refractivity contribution in [3.63, 3.8) is 0 Å². The smallest absolute Gasteiger partial charge is 0.170 e. The van der Waals surface area contributed by atoms with Crippen LogP contribution >= 0.6 is 15.9 Å². The molecule has 0 saturated carbocycles. The van der Waals surface area contributed by atoms with Crippen molar-refractivity contribution in [2.45, 2.75) is 13.3 Å². The standard InChI is InChI=1S/C13H10BrFO2/c1-8-5-10(7-17-8)12(16)6-9-3-2-4-11(15)13(9)14/h2-5,7H,6H2,1H3. The molecular weight excluding hydrogens is 287 g/mol. The molecule has 0 N–H and O–H groups in total. The van der Waals surface area contributed by atoms with E-state index >= 15 is 0 Å². The summed E-state index contributed by atoms with van der Waals surface area (Å²) < 4.78 is 18.7. The van der Waals surface area contributed by atoms with Crippen LogP contribution in [0.5, 0.6) is 0 Å². The molecule has 0 fully saturated rings. The SMILES string of the molecule is Cc1cc(C(=O)Cc2cccc(F)c2Br)co1. The lowest BCUT2D eigenvalue weighted by Crippen LogP contribution is -2.03. The third-order valence-corrected chi connectivity index (χ3v) is 3.32. The Bertz CT molecular complexity index is 560. The van der Waals surface area contributed by atoms with Gasteiger partial charge in [-0.25, -0.2) is 4.39 Å². The van der Waals surface area contributed by atoms with E-state index in [2.05, 4.69) is 15.9 Å². The molecule has 4 heteroatoms. The first-order chi connectivity index (χ1) is 8.08. The molecule has 0 unspecified atom stereocenters. The number of halogens is 2. The Kier molecular flexibility index (Phi) is 3.43. The van der Waals surface area contributed by atoms with Gasteiger partial charge in [-0.1, -0.05) is 12.1 Å². The highest BCUT2D eigenvalue weighted by Gasteiger charge is 2.13. The molecule has 17 heavy (non-hydrogen) atoms. The maximum Gasteiger partial charge on any atom is 0.170 e. The van der Waals surface area contributed by atoms with Crippen LogP contribution in [0, 0.1) is 12.7 Å². The van der Waals surface area contributed by atoms with E-state index in [-0.39, 0.29) is 18.0 Å². The van der Waals surface area contributed by atoms with Gasteiger partial charge in [0.2, 0.25) is 0 Å². The van der Waals surface area contributed by atoms with Crippen LogP contribution in [0.15, 0.2) is 39.4 Å². The molecule has 88 valence electrons. The Morgan fingerprint density at radius 2 is 2.24 bits per heavy atom. The summed E-state index contributed by atoms with van der Waals surface area (Å²) in [6.45, 7) is 1.77. The summed E-state index contributed by atoms with van der Waals surface area (Å²) in [5.74, 6) is 0.235. The molecule has 0 aliphatic carbocycles. The van der Waals surface area contributed by atoms with Crippen LogP contribution in [0.1, 0.15) is 21.7 Å². The van der Waals surface area contributed by atoms with E-state index in [0.717, 1.165) is 0 Å². The third kappa shape index (κ3) is 2.64. The molecule has 0 atom stereocenters. The highest BCUT2D eigenvalue weighted by molar-refractivity contribution is 9.10. The first-order valence-electron chi connectivity index (χ1n) is 5.09. The van der Waals surface area contributed by atoms with E-state index < -0.39 is 0 Å². The quantitative estimate of drug-likeness (QED) is 0.804. The second-order valence-electron chi connectivity index (χ2n) is 3.76. The molecule has 0 radical (unpaired) electrons. The largest absolute Gasteiger partial charge is 0.469 e. The molecule has 1 heterocycles. The zero-order chi connectivity index (χ0) is 12.4. The van der Waals surface area contributed by atoms with Crippen LogP contribution < -0.4 is 0 Å². The summed E-state index contributed by atoms with van der Waals surface area (Å²) in [5.41, 5.74) is 1.15. The van der Waals surface area contributed by atoms with E-state index in [9.17, 15) is 9.18 Å². The van der Waals surface area contributed by atoms with Gasteiger partial charge >= 0.3 is 0 Å². The molecule has 0 aliphatic heterocycles. The number of Topliss-reactive ketones (excluding diaryl/α,β-unsaturated/α-hetero) is 1.